The summed E-state index contributed by atoms with van der Waals surface area (Å²) in [5.41, 5.74) is 4.21. The Morgan fingerprint density at radius 3 is 2.67 bits per heavy atom. The van der Waals surface area contributed by atoms with Crippen LogP contribution in [-0.2, 0) is 11.2 Å². The Hall–Kier alpha value is -2.77. The van der Waals surface area contributed by atoms with Crippen molar-refractivity contribution in [3.8, 4) is 11.3 Å². The van der Waals surface area contributed by atoms with Crippen LogP contribution in [0.3, 0.4) is 0 Å². The van der Waals surface area contributed by atoms with Crippen LogP contribution in [0, 0.1) is 0 Å². The van der Waals surface area contributed by atoms with Gasteiger partial charge in [0.25, 0.3) is 0 Å². The van der Waals surface area contributed by atoms with Gasteiger partial charge in [-0.1, -0.05) is 24.3 Å². The molecule has 5 N–H and O–H groups in total. The number of nitrogens with one attached hydrogen (secondary N) is 1. The maximum Gasteiger partial charge on any atom is 0.352 e. The van der Waals surface area contributed by atoms with Gasteiger partial charge in [0, 0.05) is 11.8 Å². The molecule has 0 aliphatic heterocycles. The summed E-state index contributed by atoms with van der Waals surface area (Å²) in [6.45, 7) is 0. The lowest BCUT2D eigenvalue weighted by molar-refractivity contribution is -0.127. The fourth-order valence-corrected chi connectivity index (χ4v) is 1.82. The number of benzene rings is 1. The van der Waals surface area contributed by atoms with E-state index in [1.165, 1.54) is 0 Å². The number of nitrogens with two attached hydrogens (primary N) is 2. The first-order chi connectivity index (χ1) is 10.1. The number of hydrogen-bond donors (Lipinski definition) is 3. The second-order valence-electron chi connectivity index (χ2n) is 4.31. The highest BCUT2D eigenvalue weighted by Gasteiger charge is 2.17. The van der Waals surface area contributed by atoms with Gasteiger partial charge in [-0.15, -0.1) is 0 Å². The molecular formula is C14H15N5O2. The first kappa shape index (κ1) is 14.6. The Labute approximate surface area is 121 Å². The predicted molar refractivity (Wildman–Crippen MR) is 77.1 cm³/mol. The van der Waals surface area contributed by atoms with E-state index in [1.807, 2.05) is 36.4 Å². The number of hydrogen-bond acceptors (Lipinski definition) is 5. The van der Waals surface area contributed by atoms with Gasteiger partial charge in [-0.2, -0.15) is 5.01 Å². The third kappa shape index (κ3) is 3.62. The maximum atomic E-state index is 11.8. The minimum Gasteiger partial charge on any atom is -0.274 e. The van der Waals surface area contributed by atoms with Crippen molar-refractivity contribution in [2.45, 2.75) is 6.42 Å². The number of rotatable bonds is 3. The first-order valence-corrected chi connectivity index (χ1v) is 6.20. The fourth-order valence-electron chi connectivity index (χ4n) is 1.82. The van der Waals surface area contributed by atoms with Gasteiger partial charge in [0.2, 0.25) is 5.91 Å². The number of nitrogens with zero attached hydrogens (tertiary/aromatic N) is 2. The lowest BCUT2D eigenvalue weighted by Crippen LogP contribution is -2.51. The van der Waals surface area contributed by atoms with Crippen LogP contribution in [0.2, 0.25) is 0 Å². The average molecular weight is 285 g/mol. The van der Waals surface area contributed by atoms with Gasteiger partial charge in [0.15, 0.2) is 0 Å². The molecule has 0 aliphatic carbocycles. The lowest BCUT2D eigenvalue weighted by Gasteiger charge is -2.13. The molecular weight excluding hydrogens is 270 g/mol. The number of carbonyl (C=O) groups is 2. The van der Waals surface area contributed by atoms with Crippen molar-refractivity contribution >= 4 is 11.9 Å². The molecule has 7 heteroatoms. The van der Waals surface area contributed by atoms with Crippen LogP contribution in [0.5, 0.6) is 0 Å². The number of imide groups is 1. The largest absolute Gasteiger partial charge is 0.352 e. The van der Waals surface area contributed by atoms with Crippen molar-refractivity contribution in [2.24, 2.45) is 11.7 Å². The molecule has 3 amide bonds. The summed E-state index contributed by atoms with van der Waals surface area (Å²) in [6, 6.07) is 12.0. The van der Waals surface area contributed by atoms with Gasteiger partial charge < -0.3 is 0 Å². The van der Waals surface area contributed by atoms with E-state index in [1.54, 1.807) is 17.7 Å². The molecule has 0 saturated carbocycles. The summed E-state index contributed by atoms with van der Waals surface area (Å²) in [6.07, 6.45) is 1.69. The van der Waals surface area contributed by atoms with Crippen LogP contribution in [0.1, 0.15) is 5.56 Å². The molecule has 1 heterocycles. The summed E-state index contributed by atoms with van der Waals surface area (Å²) < 4.78 is 0. The van der Waals surface area contributed by atoms with Crippen molar-refractivity contribution in [1.29, 1.82) is 0 Å². The molecule has 0 fully saturated rings. The third-order valence-electron chi connectivity index (χ3n) is 2.85. The summed E-state index contributed by atoms with van der Waals surface area (Å²) >= 11 is 0. The Balaban J connectivity index is 2.15. The van der Waals surface area contributed by atoms with Crippen molar-refractivity contribution in [3.05, 3.63) is 54.2 Å². The van der Waals surface area contributed by atoms with E-state index in [2.05, 4.69) is 4.98 Å². The minimum atomic E-state index is -0.860. The van der Waals surface area contributed by atoms with Crippen molar-refractivity contribution in [2.75, 3.05) is 0 Å². The zero-order valence-electron chi connectivity index (χ0n) is 11.2. The molecule has 0 unspecified atom stereocenters. The molecule has 7 nitrogen and oxygen atoms in total. The molecule has 0 radical (unpaired) electrons. The lowest BCUT2D eigenvalue weighted by atomic mass is 10.1. The van der Waals surface area contributed by atoms with Crippen molar-refractivity contribution < 1.29 is 9.59 Å². The first-order valence-electron chi connectivity index (χ1n) is 6.20. The SMILES string of the molecule is NNC(=O)N(N)C(=O)Cc1cccc(-c2ccccn2)c1. The highest BCUT2D eigenvalue weighted by atomic mass is 16.2. The monoisotopic (exact) mass is 285 g/mol. The average Bonchev–Trinajstić information content (AvgIpc) is 2.54. The third-order valence-corrected chi connectivity index (χ3v) is 2.85. The minimum absolute atomic E-state index is 0.00933. The molecule has 2 rings (SSSR count). The number of carbonyl (C=O) groups excluding carboxylic acids is 2. The predicted octanol–water partition coefficient (Wildman–Crippen LogP) is 0.577. The summed E-state index contributed by atoms with van der Waals surface area (Å²) in [5, 5.41) is 0.452. The van der Waals surface area contributed by atoms with Crippen LogP contribution in [0.25, 0.3) is 11.3 Å². The summed E-state index contributed by atoms with van der Waals surface area (Å²) in [5.74, 6) is 9.71. The number of hydrazine groups is 2. The van der Waals surface area contributed by atoms with Crippen molar-refractivity contribution in [3.63, 3.8) is 0 Å². The molecule has 108 valence electrons. The van der Waals surface area contributed by atoms with Gasteiger partial charge in [-0.3, -0.25) is 15.2 Å². The molecule has 2 aromatic rings. The molecule has 0 bridgehead atoms. The molecule has 0 saturated heterocycles. The Morgan fingerprint density at radius 2 is 2.00 bits per heavy atom. The zero-order chi connectivity index (χ0) is 15.2. The highest BCUT2D eigenvalue weighted by Crippen LogP contribution is 2.18. The molecule has 0 aliphatic rings. The van der Waals surface area contributed by atoms with Crippen LogP contribution < -0.4 is 17.1 Å². The number of amides is 3. The van der Waals surface area contributed by atoms with E-state index in [-0.39, 0.29) is 6.42 Å². The Morgan fingerprint density at radius 1 is 1.19 bits per heavy atom. The van der Waals surface area contributed by atoms with E-state index in [0.717, 1.165) is 16.8 Å². The fraction of sp³-hybridized carbons (Fsp3) is 0.0714. The standard InChI is InChI=1S/C14H15N5O2/c15-18-14(21)19(16)13(20)9-10-4-3-5-11(8-10)12-6-1-2-7-17-12/h1-8H,9,15-16H2,(H,18,21). The van der Waals surface area contributed by atoms with E-state index in [4.69, 9.17) is 11.7 Å². The molecule has 0 spiro atoms. The van der Waals surface area contributed by atoms with E-state index in [9.17, 15) is 9.59 Å². The van der Waals surface area contributed by atoms with Gasteiger partial charge >= 0.3 is 6.03 Å². The highest BCUT2D eigenvalue weighted by molar-refractivity contribution is 5.94. The quantitative estimate of drug-likeness (QED) is 0.433. The summed E-state index contributed by atoms with van der Waals surface area (Å²) in [7, 11) is 0. The molecule has 1 aromatic heterocycles. The Kier molecular flexibility index (Phi) is 4.60. The van der Waals surface area contributed by atoms with Crippen molar-refractivity contribution in [1.82, 2.24) is 15.4 Å². The van der Waals surface area contributed by atoms with E-state index in [0.29, 0.717) is 5.01 Å². The van der Waals surface area contributed by atoms with Gasteiger partial charge in [-0.05, 0) is 23.8 Å². The van der Waals surface area contributed by atoms with Gasteiger partial charge in [0.1, 0.15) is 0 Å². The molecule has 21 heavy (non-hydrogen) atoms. The van der Waals surface area contributed by atoms with E-state index >= 15 is 0 Å². The Bertz CT molecular complexity index is 645. The number of urea groups is 1. The number of aromatic nitrogens is 1. The van der Waals surface area contributed by atoms with Crippen LogP contribution in [-0.4, -0.2) is 21.9 Å². The number of pyridine rings is 1. The van der Waals surface area contributed by atoms with Crippen LogP contribution in [0.15, 0.2) is 48.7 Å². The van der Waals surface area contributed by atoms with Gasteiger partial charge in [0.05, 0.1) is 12.1 Å². The van der Waals surface area contributed by atoms with Crippen LogP contribution >= 0.6 is 0 Å². The van der Waals surface area contributed by atoms with E-state index < -0.39 is 11.9 Å². The smallest absolute Gasteiger partial charge is 0.274 e. The normalized spacial score (nSPS) is 10.0. The molecule has 0 atom stereocenters. The summed E-state index contributed by atoms with van der Waals surface area (Å²) in [4.78, 5) is 27.2. The molecule has 1 aromatic carbocycles. The van der Waals surface area contributed by atoms with Gasteiger partial charge in [-0.25, -0.2) is 16.5 Å². The van der Waals surface area contributed by atoms with Crippen LogP contribution in [0.4, 0.5) is 4.79 Å². The second kappa shape index (κ2) is 6.60. The second-order valence-corrected chi connectivity index (χ2v) is 4.31. The zero-order valence-corrected chi connectivity index (χ0v) is 11.2. The maximum absolute atomic E-state index is 11.8. The topological polar surface area (TPSA) is 114 Å².